The van der Waals surface area contributed by atoms with E-state index in [9.17, 15) is 4.79 Å². The number of amides is 1. The third kappa shape index (κ3) is 2.85. The van der Waals surface area contributed by atoms with Crippen LogP contribution in [0.4, 0.5) is 0 Å². The Morgan fingerprint density at radius 2 is 2.00 bits per heavy atom. The number of pyridine rings is 1. The zero-order chi connectivity index (χ0) is 18.2. The molecule has 5 nitrogen and oxygen atoms in total. The third-order valence-corrected chi connectivity index (χ3v) is 5.25. The first-order chi connectivity index (χ1) is 13.3. The molecule has 2 aromatic heterocycles. The molecular weight excluding hydrogens is 336 g/mol. The minimum Gasteiger partial charge on any atom is -0.351 e. The standard InChI is InChI=1S/C22H20N4O/c27-22-21-18-10-8-16-14-24-17(9-7-15-5-2-1-3-6-15)13-19(16)20(18)25-26(21)12-4-11-23-22/h1-3,5-7,9,13-14H,4,8,10-12H2,(H,23,27)/b9-7+. The van der Waals surface area contributed by atoms with E-state index in [1.165, 1.54) is 5.56 Å². The predicted molar refractivity (Wildman–Crippen MR) is 105 cm³/mol. The van der Waals surface area contributed by atoms with Gasteiger partial charge in [0.1, 0.15) is 5.69 Å². The minimum atomic E-state index is 0.00273. The van der Waals surface area contributed by atoms with Gasteiger partial charge in [-0.05, 0) is 42.5 Å². The molecule has 0 saturated carbocycles. The molecule has 0 bridgehead atoms. The topological polar surface area (TPSA) is 59.8 Å². The van der Waals surface area contributed by atoms with E-state index in [0.717, 1.165) is 59.6 Å². The van der Waals surface area contributed by atoms with Crippen LogP contribution < -0.4 is 5.32 Å². The van der Waals surface area contributed by atoms with Gasteiger partial charge in [-0.1, -0.05) is 36.4 Å². The van der Waals surface area contributed by atoms with E-state index in [1.807, 2.05) is 35.2 Å². The Hall–Kier alpha value is -3.21. The molecule has 1 aromatic carbocycles. The van der Waals surface area contributed by atoms with Gasteiger partial charge in [-0.25, -0.2) is 0 Å². The van der Waals surface area contributed by atoms with Crippen molar-refractivity contribution in [3.63, 3.8) is 0 Å². The number of carbonyl (C=O) groups excluding carboxylic acids is 1. The van der Waals surface area contributed by atoms with Crippen LogP contribution in [-0.4, -0.2) is 27.2 Å². The second-order valence-electron chi connectivity index (χ2n) is 7.02. The van der Waals surface area contributed by atoms with Gasteiger partial charge in [0.15, 0.2) is 0 Å². The Morgan fingerprint density at radius 1 is 1.11 bits per heavy atom. The third-order valence-electron chi connectivity index (χ3n) is 5.25. The summed E-state index contributed by atoms with van der Waals surface area (Å²) >= 11 is 0. The second-order valence-corrected chi connectivity index (χ2v) is 7.02. The van der Waals surface area contributed by atoms with Crippen LogP contribution >= 0.6 is 0 Å². The summed E-state index contributed by atoms with van der Waals surface area (Å²) in [6.07, 6.45) is 8.68. The number of fused-ring (bicyclic) bond motifs is 5. The molecule has 0 saturated heterocycles. The minimum absolute atomic E-state index is 0.00273. The average Bonchev–Trinajstić information content (AvgIpc) is 2.99. The lowest BCUT2D eigenvalue weighted by molar-refractivity contribution is 0.0949. The van der Waals surface area contributed by atoms with Gasteiger partial charge < -0.3 is 5.32 Å². The molecule has 1 aliphatic heterocycles. The van der Waals surface area contributed by atoms with Crippen molar-refractivity contribution in [1.82, 2.24) is 20.1 Å². The molecule has 0 atom stereocenters. The summed E-state index contributed by atoms with van der Waals surface area (Å²) in [7, 11) is 0. The molecule has 3 heterocycles. The molecule has 0 unspecified atom stereocenters. The van der Waals surface area contributed by atoms with Crippen LogP contribution in [0.5, 0.6) is 0 Å². The van der Waals surface area contributed by atoms with Gasteiger partial charge in [-0.15, -0.1) is 0 Å². The lowest BCUT2D eigenvalue weighted by Crippen LogP contribution is -2.24. The Bertz CT molecular complexity index is 1050. The van der Waals surface area contributed by atoms with Crippen LogP contribution in [0, 0.1) is 0 Å². The molecule has 2 aliphatic rings. The lowest BCUT2D eigenvalue weighted by Gasteiger charge is -2.16. The summed E-state index contributed by atoms with van der Waals surface area (Å²) in [4.78, 5) is 17.1. The van der Waals surface area contributed by atoms with E-state index in [1.54, 1.807) is 0 Å². The molecule has 134 valence electrons. The highest BCUT2D eigenvalue weighted by atomic mass is 16.2. The monoisotopic (exact) mass is 356 g/mol. The van der Waals surface area contributed by atoms with Gasteiger partial charge in [0.2, 0.25) is 0 Å². The highest BCUT2D eigenvalue weighted by Crippen LogP contribution is 2.35. The smallest absolute Gasteiger partial charge is 0.269 e. The largest absolute Gasteiger partial charge is 0.351 e. The Balaban J connectivity index is 1.56. The van der Waals surface area contributed by atoms with Crippen molar-refractivity contribution in [2.45, 2.75) is 25.8 Å². The fourth-order valence-electron chi connectivity index (χ4n) is 3.90. The highest BCUT2D eigenvalue weighted by molar-refractivity contribution is 5.96. The van der Waals surface area contributed by atoms with Crippen LogP contribution in [0.25, 0.3) is 23.4 Å². The van der Waals surface area contributed by atoms with Crippen molar-refractivity contribution in [3.05, 3.63) is 70.7 Å². The van der Waals surface area contributed by atoms with Crippen LogP contribution in [0.1, 0.15) is 39.3 Å². The van der Waals surface area contributed by atoms with Gasteiger partial charge in [-0.2, -0.15) is 5.10 Å². The summed E-state index contributed by atoms with van der Waals surface area (Å²) in [6, 6.07) is 12.3. The number of rotatable bonds is 2. The van der Waals surface area contributed by atoms with E-state index in [-0.39, 0.29) is 5.91 Å². The number of carbonyl (C=O) groups is 1. The summed E-state index contributed by atoms with van der Waals surface area (Å²) in [5.41, 5.74) is 7.11. The number of aryl methyl sites for hydroxylation is 2. The maximum atomic E-state index is 12.5. The zero-order valence-corrected chi connectivity index (χ0v) is 15.0. The molecule has 5 rings (SSSR count). The number of nitrogens with zero attached hydrogens (tertiary/aromatic N) is 3. The first-order valence-corrected chi connectivity index (χ1v) is 9.40. The molecule has 0 spiro atoms. The summed E-state index contributed by atoms with van der Waals surface area (Å²) in [5, 5.41) is 7.79. The van der Waals surface area contributed by atoms with E-state index < -0.39 is 0 Å². The van der Waals surface area contributed by atoms with Crippen molar-refractivity contribution < 1.29 is 4.79 Å². The molecule has 3 aromatic rings. The van der Waals surface area contributed by atoms with E-state index in [0.29, 0.717) is 6.54 Å². The van der Waals surface area contributed by atoms with Gasteiger partial charge in [0, 0.05) is 30.4 Å². The fraction of sp³-hybridized carbons (Fsp3) is 0.227. The molecule has 5 heteroatoms. The normalized spacial score (nSPS) is 15.6. The predicted octanol–water partition coefficient (Wildman–Crippen LogP) is 3.35. The molecular formula is C22H20N4O. The quantitative estimate of drug-likeness (QED) is 0.766. The van der Waals surface area contributed by atoms with Crippen LogP contribution in [0.15, 0.2) is 42.6 Å². The highest BCUT2D eigenvalue weighted by Gasteiger charge is 2.29. The number of nitrogens with one attached hydrogen (secondary N) is 1. The maximum Gasteiger partial charge on any atom is 0.269 e. The van der Waals surface area contributed by atoms with Gasteiger partial charge in [-0.3, -0.25) is 14.5 Å². The first kappa shape index (κ1) is 16.0. The number of hydrogen-bond acceptors (Lipinski definition) is 3. The van der Waals surface area contributed by atoms with Gasteiger partial charge >= 0.3 is 0 Å². The summed E-state index contributed by atoms with van der Waals surface area (Å²) in [6.45, 7) is 1.49. The maximum absolute atomic E-state index is 12.5. The van der Waals surface area contributed by atoms with Crippen molar-refractivity contribution in [3.8, 4) is 11.3 Å². The molecule has 1 aliphatic carbocycles. The van der Waals surface area contributed by atoms with Crippen molar-refractivity contribution in [2.24, 2.45) is 0 Å². The van der Waals surface area contributed by atoms with Crippen molar-refractivity contribution in [2.75, 3.05) is 6.54 Å². The van der Waals surface area contributed by atoms with Gasteiger partial charge in [0.25, 0.3) is 5.91 Å². The molecule has 27 heavy (non-hydrogen) atoms. The van der Waals surface area contributed by atoms with E-state index in [2.05, 4.69) is 34.6 Å². The molecule has 0 fully saturated rings. The SMILES string of the molecule is O=C1NCCCn2nc3c(c21)CCc1cnc(/C=C/c2ccccc2)cc1-3. The van der Waals surface area contributed by atoms with Crippen molar-refractivity contribution in [1.29, 1.82) is 0 Å². The first-order valence-electron chi connectivity index (χ1n) is 9.40. The van der Waals surface area contributed by atoms with Gasteiger partial charge in [0.05, 0.1) is 11.4 Å². The van der Waals surface area contributed by atoms with E-state index in [4.69, 9.17) is 5.10 Å². The summed E-state index contributed by atoms with van der Waals surface area (Å²) < 4.78 is 1.89. The van der Waals surface area contributed by atoms with Crippen LogP contribution in [-0.2, 0) is 19.4 Å². The van der Waals surface area contributed by atoms with Crippen LogP contribution in [0.2, 0.25) is 0 Å². The number of benzene rings is 1. The summed E-state index contributed by atoms with van der Waals surface area (Å²) in [5.74, 6) is 0.00273. The van der Waals surface area contributed by atoms with E-state index >= 15 is 0 Å². The van der Waals surface area contributed by atoms with Crippen LogP contribution in [0.3, 0.4) is 0 Å². The Kier molecular flexibility index (Phi) is 3.85. The van der Waals surface area contributed by atoms with Crippen molar-refractivity contribution >= 4 is 18.1 Å². The Morgan fingerprint density at radius 3 is 2.89 bits per heavy atom. The fourth-order valence-corrected chi connectivity index (χ4v) is 3.90. The Labute approximate surface area is 157 Å². The molecule has 0 radical (unpaired) electrons. The molecule has 1 amide bonds. The zero-order valence-electron chi connectivity index (χ0n) is 15.0. The number of hydrogen-bond donors (Lipinski definition) is 1. The average molecular weight is 356 g/mol. The second kappa shape index (κ2) is 6.50. The number of aromatic nitrogens is 3. The lowest BCUT2D eigenvalue weighted by atomic mass is 9.89. The molecule has 1 N–H and O–H groups in total.